The van der Waals surface area contributed by atoms with Crippen molar-refractivity contribution >= 4 is 21.9 Å². The molecule has 3 nitrogen and oxygen atoms in total. The van der Waals surface area contributed by atoms with Crippen molar-refractivity contribution in [1.82, 2.24) is 9.97 Å². The monoisotopic (exact) mass is 241 g/mol. The topological polar surface area (TPSA) is 29.0 Å². The molecule has 0 atom stereocenters. The molecule has 1 aliphatic rings. The van der Waals surface area contributed by atoms with Gasteiger partial charge in [0.2, 0.25) is 5.95 Å². The van der Waals surface area contributed by atoms with Gasteiger partial charge in [0.05, 0.1) is 0 Å². The Morgan fingerprint density at radius 3 is 2.38 bits per heavy atom. The van der Waals surface area contributed by atoms with Crippen LogP contribution in [-0.2, 0) is 5.33 Å². The summed E-state index contributed by atoms with van der Waals surface area (Å²) in [5, 5.41) is 0.827. The molecule has 1 fully saturated rings. The third kappa shape index (κ3) is 1.99. The van der Waals surface area contributed by atoms with E-state index in [1.165, 1.54) is 12.8 Å². The number of halogens is 1. The highest BCUT2D eigenvalue weighted by atomic mass is 79.9. The number of anilines is 1. The molecule has 2 heterocycles. The lowest BCUT2D eigenvalue weighted by atomic mass is 10.4. The van der Waals surface area contributed by atoms with Crippen LogP contribution in [0, 0.1) is 0 Å². The minimum atomic E-state index is 0.827. The molecule has 0 spiro atoms. The van der Waals surface area contributed by atoms with Crippen LogP contribution in [0.1, 0.15) is 18.4 Å². The minimum absolute atomic E-state index is 0.827. The molecule has 0 unspecified atom stereocenters. The molecule has 1 aromatic rings. The average Bonchev–Trinajstić information content (AvgIpc) is 2.71. The van der Waals surface area contributed by atoms with Crippen molar-refractivity contribution in [2.24, 2.45) is 0 Å². The first-order valence-electron chi connectivity index (χ1n) is 4.52. The van der Waals surface area contributed by atoms with Crippen molar-refractivity contribution in [3.63, 3.8) is 0 Å². The molecule has 0 amide bonds. The van der Waals surface area contributed by atoms with Crippen molar-refractivity contribution in [2.75, 3.05) is 18.0 Å². The predicted molar refractivity (Wildman–Crippen MR) is 56.1 cm³/mol. The van der Waals surface area contributed by atoms with Gasteiger partial charge < -0.3 is 4.90 Å². The Labute approximate surface area is 86.3 Å². The zero-order valence-corrected chi connectivity index (χ0v) is 9.00. The van der Waals surface area contributed by atoms with Crippen LogP contribution in [0.25, 0.3) is 0 Å². The van der Waals surface area contributed by atoms with Gasteiger partial charge in [0.15, 0.2) is 0 Å². The van der Waals surface area contributed by atoms with Gasteiger partial charge in [-0.1, -0.05) is 15.9 Å². The van der Waals surface area contributed by atoms with Gasteiger partial charge in [0.25, 0.3) is 0 Å². The van der Waals surface area contributed by atoms with Gasteiger partial charge in [-0.3, -0.25) is 0 Å². The smallest absolute Gasteiger partial charge is 0.225 e. The number of rotatable bonds is 2. The lowest BCUT2D eigenvalue weighted by Gasteiger charge is -2.14. The summed E-state index contributed by atoms with van der Waals surface area (Å²) >= 11 is 3.37. The van der Waals surface area contributed by atoms with Crippen LogP contribution >= 0.6 is 15.9 Å². The van der Waals surface area contributed by atoms with E-state index in [0.29, 0.717) is 0 Å². The van der Waals surface area contributed by atoms with Crippen LogP contribution < -0.4 is 4.90 Å². The summed E-state index contributed by atoms with van der Waals surface area (Å²) in [5.41, 5.74) is 1.13. The Balaban J connectivity index is 2.12. The molecule has 0 N–H and O–H groups in total. The van der Waals surface area contributed by atoms with E-state index >= 15 is 0 Å². The second-order valence-electron chi connectivity index (χ2n) is 3.22. The Bertz CT molecular complexity index is 267. The Hall–Kier alpha value is -0.640. The fourth-order valence-electron chi connectivity index (χ4n) is 1.50. The zero-order valence-electron chi connectivity index (χ0n) is 7.41. The lowest BCUT2D eigenvalue weighted by molar-refractivity contribution is 0.893. The van der Waals surface area contributed by atoms with Crippen LogP contribution in [0.15, 0.2) is 12.4 Å². The van der Waals surface area contributed by atoms with Crippen LogP contribution in [0.4, 0.5) is 5.95 Å². The first kappa shape index (κ1) is 8.94. The van der Waals surface area contributed by atoms with Crippen LogP contribution in [0.3, 0.4) is 0 Å². The maximum absolute atomic E-state index is 4.32. The molecule has 1 aromatic heterocycles. The van der Waals surface area contributed by atoms with Gasteiger partial charge >= 0.3 is 0 Å². The van der Waals surface area contributed by atoms with Gasteiger partial charge in [-0.15, -0.1) is 0 Å². The highest BCUT2D eigenvalue weighted by molar-refractivity contribution is 9.08. The summed E-state index contributed by atoms with van der Waals surface area (Å²) in [4.78, 5) is 10.9. The molecule has 0 radical (unpaired) electrons. The number of alkyl halides is 1. The number of hydrogen-bond acceptors (Lipinski definition) is 3. The van der Waals surface area contributed by atoms with Crippen molar-refractivity contribution in [2.45, 2.75) is 18.2 Å². The van der Waals surface area contributed by atoms with Crippen LogP contribution in [0.2, 0.25) is 0 Å². The first-order valence-corrected chi connectivity index (χ1v) is 5.64. The average molecular weight is 242 g/mol. The van der Waals surface area contributed by atoms with Crippen molar-refractivity contribution < 1.29 is 0 Å². The summed E-state index contributed by atoms with van der Waals surface area (Å²) in [5.74, 6) is 0.877. The van der Waals surface area contributed by atoms with Gasteiger partial charge in [-0.25, -0.2) is 9.97 Å². The van der Waals surface area contributed by atoms with E-state index in [0.717, 1.165) is 29.9 Å². The number of aromatic nitrogens is 2. The molecule has 0 aromatic carbocycles. The first-order chi connectivity index (χ1) is 6.40. The summed E-state index contributed by atoms with van der Waals surface area (Å²) in [6.45, 7) is 2.21. The minimum Gasteiger partial charge on any atom is -0.341 e. The molecule has 0 saturated carbocycles. The van der Waals surface area contributed by atoms with E-state index < -0.39 is 0 Å². The molecular weight excluding hydrogens is 230 g/mol. The van der Waals surface area contributed by atoms with Gasteiger partial charge in [-0.2, -0.15) is 0 Å². The molecule has 4 heteroatoms. The molecule has 0 aliphatic carbocycles. The highest BCUT2D eigenvalue weighted by Crippen LogP contribution is 2.15. The van der Waals surface area contributed by atoms with E-state index in [1.54, 1.807) is 0 Å². The molecule has 1 saturated heterocycles. The van der Waals surface area contributed by atoms with E-state index in [-0.39, 0.29) is 0 Å². The molecule has 70 valence electrons. The Morgan fingerprint density at radius 1 is 1.23 bits per heavy atom. The quantitative estimate of drug-likeness (QED) is 0.742. The fourth-order valence-corrected chi connectivity index (χ4v) is 1.79. The van der Waals surface area contributed by atoms with E-state index in [2.05, 4.69) is 30.8 Å². The Kier molecular flexibility index (Phi) is 2.78. The summed E-state index contributed by atoms with van der Waals surface area (Å²) < 4.78 is 0. The lowest BCUT2D eigenvalue weighted by Crippen LogP contribution is -2.20. The molecule has 2 rings (SSSR count). The van der Waals surface area contributed by atoms with Crippen LogP contribution in [0.5, 0.6) is 0 Å². The summed E-state index contributed by atoms with van der Waals surface area (Å²) in [6.07, 6.45) is 6.30. The highest BCUT2D eigenvalue weighted by Gasteiger charge is 2.13. The van der Waals surface area contributed by atoms with Gasteiger partial charge in [-0.05, 0) is 18.4 Å². The molecule has 1 aliphatic heterocycles. The number of hydrogen-bond donors (Lipinski definition) is 0. The van der Waals surface area contributed by atoms with Crippen molar-refractivity contribution in [3.05, 3.63) is 18.0 Å². The SMILES string of the molecule is BrCc1cnc(N2CCCC2)nc1. The normalized spacial score (nSPS) is 16.5. The van der Waals surface area contributed by atoms with Crippen molar-refractivity contribution in [3.8, 4) is 0 Å². The Morgan fingerprint density at radius 2 is 1.85 bits per heavy atom. The summed E-state index contributed by atoms with van der Waals surface area (Å²) in [6, 6.07) is 0. The van der Waals surface area contributed by atoms with Gasteiger partial charge in [0, 0.05) is 30.8 Å². The third-order valence-corrected chi connectivity index (χ3v) is 2.88. The predicted octanol–water partition coefficient (Wildman–Crippen LogP) is 1.97. The molecule has 13 heavy (non-hydrogen) atoms. The maximum atomic E-state index is 4.32. The molecule has 0 bridgehead atoms. The maximum Gasteiger partial charge on any atom is 0.225 e. The summed E-state index contributed by atoms with van der Waals surface area (Å²) in [7, 11) is 0. The van der Waals surface area contributed by atoms with Crippen LogP contribution in [-0.4, -0.2) is 23.1 Å². The standard InChI is InChI=1S/C9H12BrN3/c10-5-8-6-11-9(12-7-8)13-3-1-2-4-13/h6-7H,1-5H2. The second kappa shape index (κ2) is 4.05. The molecular formula is C9H12BrN3. The van der Waals surface area contributed by atoms with E-state index in [4.69, 9.17) is 0 Å². The third-order valence-electron chi connectivity index (χ3n) is 2.23. The van der Waals surface area contributed by atoms with E-state index in [1.807, 2.05) is 12.4 Å². The fraction of sp³-hybridized carbons (Fsp3) is 0.556. The second-order valence-corrected chi connectivity index (χ2v) is 3.78. The zero-order chi connectivity index (χ0) is 9.10. The number of nitrogens with zero attached hydrogens (tertiary/aromatic N) is 3. The largest absolute Gasteiger partial charge is 0.341 e. The van der Waals surface area contributed by atoms with E-state index in [9.17, 15) is 0 Å². The van der Waals surface area contributed by atoms with Gasteiger partial charge in [0.1, 0.15) is 0 Å². The van der Waals surface area contributed by atoms with Crippen molar-refractivity contribution in [1.29, 1.82) is 0 Å².